The van der Waals surface area contributed by atoms with Crippen LogP contribution in [0.4, 0.5) is 10.1 Å². The standard InChI is InChI=1S/C22H25FN4O5S/c1-4-27(5-2)33(30,31)20-12-16(8-10-19(20)32-6-3)25-21(28)13-26-14-24-18-11-15(23)7-9-17(18)22(26)29/h7-12,14H,4-6,13H2,1-3H3,(H,25,28). The molecule has 0 aliphatic heterocycles. The van der Waals surface area contributed by atoms with Crippen molar-refractivity contribution < 1.29 is 22.3 Å². The monoisotopic (exact) mass is 476 g/mol. The molecule has 0 spiro atoms. The summed E-state index contributed by atoms with van der Waals surface area (Å²) in [7, 11) is -3.84. The van der Waals surface area contributed by atoms with Gasteiger partial charge in [0.1, 0.15) is 23.0 Å². The van der Waals surface area contributed by atoms with Gasteiger partial charge in [0, 0.05) is 24.8 Å². The van der Waals surface area contributed by atoms with Gasteiger partial charge in [-0.2, -0.15) is 4.31 Å². The number of nitrogens with zero attached hydrogens (tertiary/aromatic N) is 3. The Morgan fingerprint density at radius 2 is 1.88 bits per heavy atom. The van der Waals surface area contributed by atoms with Gasteiger partial charge in [0.15, 0.2) is 0 Å². The number of rotatable bonds is 9. The minimum atomic E-state index is -3.84. The van der Waals surface area contributed by atoms with E-state index in [1.54, 1.807) is 20.8 Å². The number of hydrogen-bond acceptors (Lipinski definition) is 6. The van der Waals surface area contributed by atoms with Crippen LogP contribution in [0.2, 0.25) is 0 Å². The molecule has 0 atom stereocenters. The summed E-state index contributed by atoms with van der Waals surface area (Å²) in [6.45, 7) is 5.69. The average molecular weight is 477 g/mol. The summed E-state index contributed by atoms with van der Waals surface area (Å²) in [6, 6.07) is 7.93. The molecule has 1 amide bonds. The Balaban J connectivity index is 1.88. The molecule has 11 heteroatoms. The number of fused-ring (bicyclic) bond motifs is 1. The van der Waals surface area contributed by atoms with Gasteiger partial charge in [-0.15, -0.1) is 0 Å². The van der Waals surface area contributed by atoms with E-state index < -0.39 is 27.3 Å². The summed E-state index contributed by atoms with van der Waals surface area (Å²) in [5.74, 6) is -0.892. The zero-order chi connectivity index (χ0) is 24.2. The molecule has 0 aliphatic carbocycles. The first kappa shape index (κ1) is 24.3. The number of sulfonamides is 1. The fraction of sp³-hybridized carbons (Fsp3) is 0.318. The van der Waals surface area contributed by atoms with Crippen molar-refractivity contribution >= 4 is 32.5 Å². The summed E-state index contributed by atoms with van der Waals surface area (Å²) in [4.78, 5) is 29.1. The van der Waals surface area contributed by atoms with Crippen LogP contribution >= 0.6 is 0 Å². The Hall–Kier alpha value is -3.31. The van der Waals surface area contributed by atoms with Crippen molar-refractivity contribution in [3.63, 3.8) is 0 Å². The van der Waals surface area contributed by atoms with E-state index in [0.717, 1.165) is 23.0 Å². The van der Waals surface area contributed by atoms with E-state index in [4.69, 9.17) is 4.74 Å². The second kappa shape index (κ2) is 10.1. The van der Waals surface area contributed by atoms with Crippen molar-refractivity contribution in [1.29, 1.82) is 0 Å². The number of benzene rings is 2. The van der Waals surface area contributed by atoms with Crippen molar-refractivity contribution in [2.75, 3.05) is 25.0 Å². The molecule has 3 aromatic rings. The molecule has 0 saturated heterocycles. The average Bonchev–Trinajstić information content (AvgIpc) is 2.77. The van der Waals surface area contributed by atoms with Gasteiger partial charge in [-0.25, -0.2) is 17.8 Å². The molecule has 1 aromatic heterocycles. The molecule has 0 radical (unpaired) electrons. The Labute approximate surface area is 190 Å². The third-order valence-electron chi connectivity index (χ3n) is 4.95. The molecule has 9 nitrogen and oxygen atoms in total. The van der Waals surface area contributed by atoms with Gasteiger partial charge < -0.3 is 10.1 Å². The number of amides is 1. The van der Waals surface area contributed by atoms with Crippen molar-refractivity contribution in [2.24, 2.45) is 0 Å². The lowest BCUT2D eigenvalue weighted by molar-refractivity contribution is -0.116. The third kappa shape index (κ3) is 5.20. The molecule has 33 heavy (non-hydrogen) atoms. The molecule has 0 aliphatic rings. The van der Waals surface area contributed by atoms with E-state index in [2.05, 4.69) is 10.3 Å². The van der Waals surface area contributed by atoms with Crippen molar-refractivity contribution in [2.45, 2.75) is 32.2 Å². The van der Waals surface area contributed by atoms with Crippen LogP contribution in [-0.4, -0.2) is 47.9 Å². The maximum atomic E-state index is 13.3. The highest BCUT2D eigenvalue weighted by atomic mass is 32.2. The first-order valence-corrected chi connectivity index (χ1v) is 11.9. The van der Waals surface area contributed by atoms with Gasteiger partial charge in [-0.3, -0.25) is 14.2 Å². The van der Waals surface area contributed by atoms with Gasteiger partial charge in [0.25, 0.3) is 5.56 Å². The highest BCUT2D eigenvalue weighted by Gasteiger charge is 2.26. The Bertz CT molecular complexity index is 1340. The van der Waals surface area contributed by atoms with Gasteiger partial charge in [-0.1, -0.05) is 13.8 Å². The topological polar surface area (TPSA) is 111 Å². The predicted molar refractivity (Wildman–Crippen MR) is 122 cm³/mol. The minimum absolute atomic E-state index is 0.0579. The molecule has 3 rings (SSSR count). The molecule has 0 fully saturated rings. The maximum Gasteiger partial charge on any atom is 0.261 e. The predicted octanol–water partition coefficient (Wildman–Crippen LogP) is 2.60. The highest BCUT2D eigenvalue weighted by Crippen LogP contribution is 2.30. The Morgan fingerprint density at radius 3 is 2.55 bits per heavy atom. The van der Waals surface area contributed by atoms with Crippen LogP contribution < -0.4 is 15.6 Å². The summed E-state index contributed by atoms with van der Waals surface area (Å²) in [5.41, 5.74) is -0.0703. The SMILES string of the molecule is CCOc1ccc(NC(=O)Cn2cnc3cc(F)ccc3c2=O)cc1S(=O)(=O)N(CC)CC. The lowest BCUT2D eigenvalue weighted by Gasteiger charge is -2.21. The largest absolute Gasteiger partial charge is 0.492 e. The number of ether oxygens (including phenoxy) is 1. The molecule has 0 bridgehead atoms. The van der Waals surface area contributed by atoms with E-state index in [1.807, 2.05) is 0 Å². The number of aromatic nitrogens is 2. The number of hydrogen-bond donors (Lipinski definition) is 1. The van der Waals surface area contributed by atoms with Crippen LogP contribution in [0.1, 0.15) is 20.8 Å². The first-order chi connectivity index (χ1) is 15.7. The molecule has 176 valence electrons. The molecular weight excluding hydrogens is 451 g/mol. The summed E-state index contributed by atoms with van der Waals surface area (Å²) in [5, 5.41) is 2.79. The van der Waals surface area contributed by atoms with Gasteiger partial charge >= 0.3 is 0 Å². The van der Waals surface area contributed by atoms with Crippen LogP contribution in [0.3, 0.4) is 0 Å². The van der Waals surface area contributed by atoms with Gasteiger partial charge in [0.05, 0.1) is 23.8 Å². The van der Waals surface area contributed by atoms with Crippen LogP contribution in [0, 0.1) is 5.82 Å². The van der Waals surface area contributed by atoms with Crippen molar-refractivity contribution in [3.05, 3.63) is 58.9 Å². The fourth-order valence-corrected chi connectivity index (χ4v) is 4.98. The van der Waals surface area contributed by atoms with E-state index in [0.29, 0.717) is 0 Å². The number of anilines is 1. The second-order valence-electron chi connectivity index (χ2n) is 7.07. The van der Waals surface area contributed by atoms with Crippen molar-refractivity contribution in [1.82, 2.24) is 13.9 Å². The normalized spacial score (nSPS) is 11.7. The van der Waals surface area contributed by atoms with E-state index >= 15 is 0 Å². The van der Waals surface area contributed by atoms with Crippen molar-refractivity contribution in [3.8, 4) is 5.75 Å². The molecule has 1 heterocycles. The number of nitrogens with one attached hydrogen (secondary N) is 1. The fourth-order valence-electron chi connectivity index (χ4n) is 3.36. The van der Waals surface area contributed by atoms with Gasteiger partial charge in [-0.05, 0) is 37.3 Å². The number of carbonyl (C=O) groups excluding carboxylic acids is 1. The zero-order valence-electron chi connectivity index (χ0n) is 18.5. The molecular formula is C22H25FN4O5S. The lowest BCUT2D eigenvalue weighted by atomic mass is 10.2. The van der Waals surface area contributed by atoms with Gasteiger partial charge in [0.2, 0.25) is 15.9 Å². The van der Waals surface area contributed by atoms with E-state index in [1.165, 1.54) is 28.6 Å². The third-order valence-corrected chi connectivity index (χ3v) is 7.02. The summed E-state index contributed by atoms with van der Waals surface area (Å²) in [6.07, 6.45) is 1.16. The van der Waals surface area contributed by atoms with Crippen LogP contribution in [0.25, 0.3) is 10.9 Å². The molecule has 0 saturated carbocycles. The number of carbonyl (C=O) groups is 1. The Kier molecular flexibility index (Phi) is 7.44. The van der Waals surface area contributed by atoms with Crippen LogP contribution in [0.15, 0.2) is 52.4 Å². The smallest absolute Gasteiger partial charge is 0.261 e. The highest BCUT2D eigenvalue weighted by molar-refractivity contribution is 7.89. The minimum Gasteiger partial charge on any atom is -0.492 e. The molecule has 2 aromatic carbocycles. The van der Waals surface area contributed by atoms with Crippen LogP contribution in [-0.2, 0) is 21.4 Å². The summed E-state index contributed by atoms with van der Waals surface area (Å²) >= 11 is 0. The van der Waals surface area contributed by atoms with Crippen LogP contribution in [0.5, 0.6) is 5.75 Å². The van der Waals surface area contributed by atoms with E-state index in [-0.39, 0.29) is 53.5 Å². The Morgan fingerprint density at radius 1 is 1.15 bits per heavy atom. The number of halogens is 1. The quantitative estimate of drug-likeness (QED) is 0.508. The molecule has 0 unspecified atom stereocenters. The maximum absolute atomic E-state index is 13.3. The molecule has 1 N–H and O–H groups in total. The second-order valence-corrected chi connectivity index (χ2v) is 8.98. The first-order valence-electron chi connectivity index (χ1n) is 10.4. The lowest BCUT2D eigenvalue weighted by Crippen LogP contribution is -2.31. The van der Waals surface area contributed by atoms with E-state index in [9.17, 15) is 22.4 Å². The zero-order valence-corrected chi connectivity index (χ0v) is 19.4. The summed E-state index contributed by atoms with van der Waals surface area (Å²) < 4.78 is 47.3.